The highest BCUT2D eigenvalue weighted by Crippen LogP contribution is 2.22. The molecule has 1 aliphatic rings. The van der Waals surface area contributed by atoms with Crippen LogP contribution in [0.1, 0.15) is 30.1 Å². The van der Waals surface area contributed by atoms with Crippen molar-refractivity contribution in [2.45, 2.75) is 19.8 Å². The van der Waals surface area contributed by atoms with Crippen LogP contribution in [0.25, 0.3) is 0 Å². The number of aromatic nitrogens is 2. The molecule has 1 fully saturated rings. The minimum Gasteiger partial charge on any atom is -0.437 e. The summed E-state index contributed by atoms with van der Waals surface area (Å²) in [6.07, 6.45) is 6.81. The molecule has 1 aliphatic heterocycles. The molecule has 3 rings (SSSR count). The van der Waals surface area contributed by atoms with E-state index in [-0.39, 0.29) is 5.91 Å². The normalized spacial score (nSPS) is 15.2. The van der Waals surface area contributed by atoms with Crippen molar-refractivity contribution in [3.8, 4) is 11.6 Å². The van der Waals surface area contributed by atoms with E-state index in [0.29, 0.717) is 23.1 Å². The van der Waals surface area contributed by atoms with Crippen LogP contribution in [0.15, 0.2) is 42.9 Å². The Kier molecular flexibility index (Phi) is 5.95. The highest BCUT2D eigenvalue weighted by Gasteiger charge is 2.23. The first-order chi connectivity index (χ1) is 12.3. The Hall–Kier alpha value is -2.47. The molecule has 132 valence electrons. The molecule has 0 saturated carbocycles. The largest absolute Gasteiger partial charge is 0.437 e. The number of carbonyl (C=O) groups excluding carboxylic acids is 1. The fourth-order valence-electron chi connectivity index (χ4n) is 3.02. The van der Waals surface area contributed by atoms with E-state index in [1.54, 1.807) is 24.7 Å². The van der Waals surface area contributed by atoms with Gasteiger partial charge >= 0.3 is 0 Å². The third-order valence-electron chi connectivity index (χ3n) is 4.43. The summed E-state index contributed by atoms with van der Waals surface area (Å²) in [6, 6.07) is 7.24. The SMILES string of the molecule is CCNCC1CCN(C(=O)c2cccc(Oc3cnccn3)c2)CC1. The Morgan fingerprint density at radius 1 is 1.32 bits per heavy atom. The summed E-state index contributed by atoms with van der Waals surface area (Å²) in [5, 5.41) is 3.39. The van der Waals surface area contributed by atoms with Gasteiger partial charge in [0.1, 0.15) is 5.75 Å². The maximum Gasteiger partial charge on any atom is 0.253 e. The van der Waals surface area contributed by atoms with Crippen molar-refractivity contribution in [3.05, 3.63) is 48.4 Å². The van der Waals surface area contributed by atoms with Crippen molar-refractivity contribution in [2.75, 3.05) is 26.2 Å². The molecular weight excluding hydrogens is 316 g/mol. The number of likely N-dealkylation sites (tertiary alicyclic amines) is 1. The van der Waals surface area contributed by atoms with Crippen LogP contribution in [-0.2, 0) is 0 Å². The van der Waals surface area contributed by atoms with Crippen molar-refractivity contribution in [1.29, 1.82) is 0 Å². The third-order valence-corrected chi connectivity index (χ3v) is 4.43. The minimum atomic E-state index is 0.0616. The van der Waals surface area contributed by atoms with Gasteiger partial charge in [0.25, 0.3) is 5.91 Å². The first-order valence-corrected chi connectivity index (χ1v) is 8.80. The van der Waals surface area contributed by atoms with Crippen LogP contribution < -0.4 is 10.1 Å². The Bertz CT molecular complexity index is 685. The number of piperidine rings is 1. The Labute approximate surface area is 148 Å². The second-order valence-corrected chi connectivity index (χ2v) is 6.22. The van der Waals surface area contributed by atoms with Gasteiger partial charge in [0.2, 0.25) is 5.88 Å². The zero-order valence-electron chi connectivity index (χ0n) is 14.5. The molecule has 2 heterocycles. The lowest BCUT2D eigenvalue weighted by atomic mass is 9.96. The van der Waals surface area contributed by atoms with Crippen LogP contribution in [0, 0.1) is 5.92 Å². The van der Waals surface area contributed by atoms with Crippen LogP contribution in [0.4, 0.5) is 0 Å². The number of nitrogens with one attached hydrogen (secondary N) is 1. The van der Waals surface area contributed by atoms with E-state index in [4.69, 9.17) is 4.74 Å². The third kappa shape index (κ3) is 4.76. The highest BCUT2D eigenvalue weighted by molar-refractivity contribution is 5.94. The van der Waals surface area contributed by atoms with E-state index in [1.165, 1.54) is 0 Å². The fraction of sp³-hybridized carbons (Fsp3) is 0.421. The number of hydrogen-bond donors (Lipinski definition) is 1. The van der Waals surface area contributed by atoms with Crippen LogP contribution in [-0.4, -0.2) is 47.0 Å². The zero-order chi connectivity index (χ0) is 17.5. The number of hydrogen-bond acceptors (Lipinski definition) is 5. The summed E-state index contributed by atoms with van der Waals surface area (Å²) < 4.78 is 5.67. The summed E-state index contributed by atoms with van der Waals surface area (Å²) in [6.45, 7) is 5.78. The summed E-state index contributed by atoms with van der Waals surface area (Å²) in [7, 11) is 0. The van der Waals surface area contributed by atoms with Gasteiger partial charge in [-0.3, -0.25) is 9.78 Å². The van der Waals surface area contributed by atoms with E-state index in [2.05, 4.69) is 22.2 Å². The topological polar surface area (TPSA) is 67.4 Å². The standard InChI is InChI=1S/C19H24N4O2/c1-2-20-13-15-6-10-23(11-7-15)19(24)16-4-3-5-17(12-16)25-18-14-21-8-9-22-18/h3-5,8-9,12,14-15,20H,2,6-7,10-11,13H2,1H3. The molecule has 1 aromatic carbocycles. The molecule has 0 atom stereocenters. The molecule has 1 aromatic heterocycles. The molecule has 1 amide bonds. The van der Waals surface area contributed by atoms with Crippen molar-refractivity contribution in [2.24, 2.45) is 5.92 Å². The molecule has 6 nitrogen and oxygen atoms in total. The smallest absolute Gasteiger partial charge is 0.253 e. The van der Waals surface area contributed by atoms with Crippen LogP contribution in [0.3, 0.4) is 0 Å². The van der Waals surface area contributed by atoms with Gasteiger partial charge in [0, 0.05) is 31.0 Å². The minimum absolute atomic E-state index is 0.0616. The van der Waals surface area contributed by atoms with Crippen LogP contribution in [0.5, 0.6) is 11.6 Å². The highest BCUT2D eigenvalue weighted by atomic mass is 16.5. The Balaban J connectivity index is 1.60. The van der Waals surface area contributed by atoms with Gasteiger partial charge in [-0.2, -0.15) is 0 Å². The van der Waals surface area contributed by atoms with Gasteiger partial charge in [0.05, 0.1) is 6.20 Å². The predicted molar refractivity (Wildman–Crippen MR) is 95.7 cm³/mol. The number of amides is 1. The summed E-state index contributed by atoms with van der Waals surface area (Å²) in [4.78, 5) is 22.7. The quantitative estimate of drug-likeness (QED) is 0.876. The lowest BCUT2D eigenvalue weighted by Crippen LogP contribution is -2.40. The molecule has 0 aliphatic carbocycles. The summed E-state index contributed by atoms with van der Waals surface area (Å²) in [5.41, 5.74) is 0.645. The summed E-state index contributed by atoms with van der Waals surface area (Å²) >= 11 is 0. The van der Waals surface area contributed by atoms with Crippen molar-refractivity contribution in [3.63, 3.8) is 0 Å². The molecule has 2 aromatic rings. The van der Waals surface area contributed by atoms with Gasteiger partial charge in [-0.1, -0.05) is 13.0 Å². The van der Waals surface area contributed by atoms with E-state index in [9.17, 15) is 4.79 Å². The van der Waals surface area contributed by atoms with E-state index in [0.717, 1.165) is 39.0 Å². The maximum absolute atomic E-state index is 12.8. The number of ether oxygens (including phenoxy) is 1. The van der Waals surface area contributed by atoms with Crippen molar-refractivity contribution < 1.29 is 9.53 Å². The molecule has 25 heavy (non-hydrogen) atoms. The Morgan fingerprint density at radius 2 is 2.16 bits per heavy atom. The number of nitrogens with zero attached hydrogens (tertiary/aromatic N) is 3. The Morgan fingerprint density at radius 3 is 2.88 bits per heavy atom. The molecule has 0 spiro atoms. The maximum atomic E-state index is 12.8. The van der Waals surface area contributed by atoms with Crippen molar-refractivity contribution in [1.82, 2.24) is 20.2 Å². The van der Waals surface area contributed by atoms with Gasteiger partial charge < -0.3 is 15.0 Å². The molecule has 0 bridgehead atoms. The number of benzene rings is 1. The zero-order valence-corrected chi connectivity index (χ0v) is 14.5. The molecule has 0 radical (unpaired) electrons. The summed E-state index contributed by atoms with van der Waals surface area (Å²) in [5.74, 6) is 1.73. The number of rotatable bonds is 6. The monoisotopic (exact) mass is 340 g/mol. The van der Waals surface area contributed by atoms with Gasteiger partial charge in [-0.15, -0.1) is 0 Å². The van der Waals surface area contributed by atoms with Crippen LogP contribution in [0.2, 0.25) is 0 Å². The first-order valence-electron chi connectivity index (χ1n) is 8.80. The van der Waals surface area contributed by atoms with Gasteiger partial charge in [-0.25, -0.2) is 4.98 Å². The lowest BCUT2D eigenvalue weighted by molar-refractivity contribution is 0.0690. The van der Waals surface area contributed by atoms with Crippen molar-refractivity contribution >= 4 is 5.91 Å². The van der Waals surface area contributed by atoms with Crippen LogP contribution >= 0.6 is 0 Å². The predicted octanol–water partition coefficient (Wildman–Crippen LogP) is 2.73. The fourth-order valence-corrected chi connectivity index (χ4v) is 3.02. The molecular formula is C19H24N4O2. The van der Waals surface area contributed by atoms with Gasteiger partial charge in [0.15, 0.2) is 0 Å². The second-order valence-electron chi connectivity index (χ2n) is 6.22. The molecule has 6 heteroatoms. The van der Waals surface area contributed by atoms with E-state index < -0.39 is 0 Å². The van der Waals surface area contributed by atoms with Gasteiger partial charge in [-0.05, 0) is 50.0 Å². The second kappa shape index (κ2) is 8.58. The van der Waals surface area contributed by atoms with E-state index in [1.807, 2.05) is 23.1 Å². The number of carbonyl (C=O) groups is 1. The molecule has 1 saturated heterocycles. The average molecular weight is 340 g/mol. The first kappa shape index (κ1) is 17.4. The molecule has 1 N–H and O–H groups in total. The average Bonchev–Trinajstić information content (AvgIpc) is 2.67. The lowest BCUT2D eigenvalue weighted by Gasteiger charge is -2.32. The van der Waals surface area contributed by atoms with E-state index >= 15 is 0 Å². The molecule has 0 unspecified atom stereocenters.